The minimum Gasteiger partial charge on any atom is -0.358 e. The standard InChI is InChI=1S/C17H24N6OS/c1-10-18-17(25-22-10)20-13-7-5-12(6-8-13)19-16(24)14-9-23(2)21-15(14)11-3-4-11/h9,11-13H,3-8H2,1-2H3,(H,19,24)(H,18,20,22). The van der Waals surface area contributed by atoms with Crippen molar-refractivity contribution in [3.05, 3.63) is 23.3 Å². The summed E-state index contributed by atoms with van der Waals surface area (Å²) in [5.41, 5.74) is 1.73. The summed E-state index contributed by atoms with van der Waals surface area (Å²) in [6.07, 6.45) is 8.20. The van der Waals surface area contributed by atoms with Gasteiger partial charge in [0.1, 0.15) is 5.82 Å². The molecule has 0 bridgehead atoms. The average molecular weight is 360 g/mol. The molecule has 0 aromatic carbocycles. The smallest absolute Gasteiger partial charge is 0.254 e. The highest BCUT2D eigenvalue weighted by Gasteiger charge is 2.32. The molecule has 0 aliphatic heterocycles. The van der Waals surface area contributed by atoms with Gasteiger partial charge >= 0.3 is 0 Å². The Morgan fingerprint density at radius 3 is 2.56 bits per heavy atom. The van der Waals surface area contributed by atoms with Crippen LogP contribution in [-0.4, -0.2) is 37.1 Å². The van der Waals surface area contributed by atoms with E-state index < -0.39 is 0 Å². The van der Waals surface area contributed by atoms with Crippen LogP contribution in [0, 0.1) is 6.92 Å². The van der Waals surface area contributed by atoms with Crippen LogP contribution >= 0.6 is 11.5 Å². The number of carbonyl (C=O) groups is 1. The molecule has 2 aliphatic carbocycles. The van der Waals surface area contributed by atoms with Crippen LogP contribution in [0.25, 0.3) is 0 Å². The Morgan fingerprint density at radius 1 is 1.20 bits per heavy atom. The number of nitrogens with one attached hydrogen (secondary N) is 2. The summed E-state index contributed by atoms with van der Waals surface area (Å²) in [6, 6.07) is 0.662. The highest BCUT2D eigenvalue weighted by atomic mass is 32.1. The lowest BCUT2D eigenvalue weighted by Crippen LogP contribution is -2.40. The van der Waals surface area contributed by atoms with Crippen molar-refractivity contribution in [2.75, 3.05) is 5.32 Å². The molecule has 0 unspecified atom stereocenters. The SMILES string of the molecule is Cc1nsc(NC2CCC(NC(=O)c3cn(C)nc3C3CC3)CC2)n1. The first-order valence-electron chi connectivity index (χ1n) is 8.99. The summed E-state index contributed by atoms with van der Waals surface area (Å²) in [7, 11) is 1.88. The largest absolute Gasteiger partial charge is 0.358 e. The molecule has 0 spiro atoms. The Kier molecular flexibility index (Phi) is 4.45. The Bertz CT molecular complexity index is 757. The van der Waals surface area contributed by atoms with Crippen LogP contribution in [0.3, 0.4) is 0 Å². The second kappa shape index (κ2) is 6.74. The second-order valence-electron chi connectivity index (χ2n) is 7.19. The van der Waals surface area contributed by atoms with Crippen molar-refractivity contribution < 1.29 is 4.79 Å². The lowest BCUT2D eigenvalue weighted by Gasteiger charge is -2.29. The Morgan fingerprint density at radius 2 is 1.92 bits per heavy atom. The summed E-state index contributed by atoms with van der Waals surface area (Å²) in [4.78, 5) is 17.0. The molecule has 0 radical (unpaired) electrons. The molecule has 2 fully saturated rings. The molecule has 2 aromatic heterocycles. The zero-order chi connectivity index (χ0) is 17.4. The van der Waals surface area contributed by atoms with Crippen LogP contribution in [0.5, 0.6) is 0 Å². The molecular weight excluding hydrogens is 336 g/mol. The van der Waals surface area contributed by atoms with Crippen LogP contribution in [0.4, 0.5) is 5.13 Å². The maximum atomic E-state index is 12.7. The molecule has 0 atom stereocenters. The Hall–Kier alpha value is -1.96. The van der Waals surface area contributed by atoms with Crippen molar-refractivity contribution in [3.8, 4) is 0 Å². The van der Waals surface area contributed by atoms with Gasteiger partial charge in [0, 0.05) is 42.8 Å². The summed E-state index contributed by atoms with van der Waals surface area (Å²) >= 11 is 1.41. The molecule has 25 heavy (non-hydrogen) atoms. The van der Waals surface area contributed by atoms with E-state index in [9.17, 15) is 4.79 Å². The number of nitrogens with zero attached hydrogens (tertiary/aromatic N) is 4. The number of anilines is 1. The number of aromatic nitrogens is 4. The third-order valence-electron chi connectivity index (χ3n) is 4.98. The van der Waals surface area contributed by atoms with Crippen molar-refractivity contribution in [1.82, 2.24) is 24.5 Å². The zero-order valence-electron chi connectivity index (χ0n) is 14.7. The van der Waals surface area contributed by atoms with Crippen molar-refractivity contribution in [1.29, 1.82) is 0 Å². The summed E-state index contributed by atoms with van der Waals surface area (Å²) in [5, 5.41) is 12.1. The van der Waals surface area contributed by atoms with E-state index in [1.165, 1.54) is 11.5 Å². The first-order valence-corrected chi connectivity index (χ1v) is 9.77. The Labute approximate surface area is 151 Å². The van der Waals surface area contributed by atoms with Crippen molar-refractivity contribution in [2.24, 2.45) is 7.05 Å². The number of amides is 1. The molecular formula is C17H24N6OS. The number of hydrogen-bond acceptors (Lipinski definition) is 6. The number of hydrogen-bond donors (Lipinski definition) is 2. The zero-order valence-corrected chi connectivity index (χ0v) is 15.5. The van der Waals surface area contributed by atoms with E-state index in [1.54, 1.807) is 4.68 Å². The van der Waals surface area contributed by atoms with E-state index in [4.69, 9.17) is 0 Å². The van der Waals surface area contributed by atoms with Gasteiger partial charge in [0.2, 0.25) is 5.13 Å². The third kappa shape index (κ3) is 3.84. The minimum atomic E-state index is 0.0335. The van der Waals surface area contributed by atoms with E-state index in [-0.39, 0.29) is 11.9 Å². The molecule has 1 amide bonds. The minimum absolute atomic E-state index is 0.0335. The van der Waals surface area contributed by atoms with Gasteiger partial charge in [-0.15, -0.1) is 0 Å². The number of carbonyl (C=O) groups excluding carboxylic acids is 1. The fourth-order valence-corrected chi connectivity index (χ4v) is 4.17. The van der Waals surface area contributed by atoms with Gasteiger partial charge in [0.05, 0.1) is 11.3 Å². The highest BCUT2D eigenvalue weighted by Crippen LogP contribution is 2.40. The van der Waals surface area contributed by atoms with Gasteiger partial charge in [-0.25, -0.2) is 4.98 Å². The van der Waals surface area contributed by atoms with Crippen LogP contribution in [0.1, 0.15) is 66.3 Å². The number of aryl methyl sites for hydroxylation is 2. The molecule has 2 heterocycles. The van der Waals surface area contributed by atoms with Gasteiger partial charge in [-0.05, 0) is 45.4 Å². The predicted octanol–water partition coefficient (Wildman–Crippen LogP) is 2.61. The molecule has 4 rings (SSSR count). The van der Waals surface area contributed by atoms with Crippen LogP contribution in [0.2, 0.25) is 0 Å². The summed E-state index contributed by atoms with van der Waals surface area (Å²) < 4.78 is 5.96. The molecule has 2 N–H and O–H groups in total. The van der Waals surface area contributed by atoms with Crippen molar-refractivity contribution in [3.63, 3.8) is 0 Å². The third-order valence-corrected chi connectivity index (χ3v) is 5.72. The lowest BCUT2D eigenvalue weighted by molar-refractivity contribution is 0.0925. The summed E-state index contributed by atoms with van der Waals surface area (Å²) in [6.45, 7) is 1.91. The topological polar surface area (TPSA) is 84.7 Å². The lowest BCUT2D eigenvalue weighted by atomic mass is 9.91. The molecule has 7 nitrogen and oxygen atoms in total. The van der Waals surface area contributed by atoms with E-state index in [0.29, 0.717) is 12.0 Å². The monoisotopic (exact) mass is 360 g/mol. The van der Waals surface area contributed by atoms with Crippen LogP contribution in [0.15, 0.2) is 6.20 Å². The van der Waals surface area contributed by atoms with Gasteiger partial charge in [-0.3, -0.25) is 9.48 Å². The fourth-order valence-electron chi connectivity index (χ4n) is 3.51. The Balaban J connectivity index is 1.30. The van der Waals surface area contributed by atoms with E-state index in [0.717, 1.165) is 60.7 Å². The second-order valence-corrected chi connectivity index (χ2v) is 7.94. The van der Waals surface area contributed by atoms with Crippen molar-refractivity contribution in [2.45, 2.75) is 63.5 Å². The van der Waals surface area contributed by atoms with Gasteiger partial charge in [-0.1, -0.05) is 0 Å². The van der Waals surface area contributed by atoms with E-state index in [1.807, 2.05) is 20.2 Å². The molecule has 2 saturated carbocycles. The average Bonchev–Trinajstić information content (AvgIpc) is 3.24. The first-order chi connectivity index (χ1) is 12.1. The van der Waals surface area contributed by atoms with Crippen LogP contribution < -0.4 is 10.6 Å². The van der Waals surface area contributed by atoms with Crippen molar-refractivity contribution >= 4 is 22.6 Å². The highest BCUT2D eigenvalue weighted by molar-refractivity contribution is 7.09. The predicted molar refractivity (Wildman–Crippen MR) is 97.0 cm³/mol. The molecule has 2 aromatic rings. The number of rotatable bonds is 5. The van der Waals surface area contributed by atoms with Crippen LogP contribution in [-0.2, 0) is 7.05 Å². The summed E-state index contributed by atoms with van der Waals surface area (Å²) in [5.74, 6) is 1.33. The first kappa shape index (κ1) is 16.5. The maximum absolute atomic E-state index is 12.7. The van der Waals surface area contributed by atoms with Gasteiger partial charge in [0.25, 0.3) is 5.91 Å². The molecule has 134 valence electrons. The van der Waals surface area contributed by atoms with Gasteiger partial charge in [-0.2, -0.15) is 9.47 Å². The van der Waals surface area contributed by atoms with Gasteiger partial charge in [0.15, 0.2) is 0 Å². The van der Waals surface area contributed by atoms with E-state index in [2.05, 4.69) is 25.1 Å². The molecule has 8 heteroatoms. The molecule has 0 saturated heterocycles. The van der Waals surface area contributed by atoms with E-state index >= 15 is 0 Å². The normalized spacial score (nSPS) is 23.4. The maximum Gasteiger partial charge on any atom is 0.254 e. The quantitative estimate of drug-likeness (QED) is 0.856. The molecule has 2 aliphatic rings. The van der Waals surface area contributed by atoms with Gasteiger partial charge < -0.3 is 10.6 Å². The fraction of sp³-hybridized carbons (Fsp3) is 0.647.